The highest BCUT2D eigenvalue weighted by Gasteiger charge is 2.08. The zero-order valence-corrected chi connectivity index (χ0v) is 9.14. The number of hydrogen-bond acceptors (Lipinski definition) is 3. The number of nitrogens with one attached hydrogen (secondary N) is 1. The molecule has 0 aliphatic heterocycles. The van der Waals surface area contributed by atoms with Crippen LogP contribution in [0.4, 0.5) is 5.82 Å². The van der Waals surface area contributed by atoms with Crippen LogP contribution in [-0.2, 0) is 7.05 Å². The second-order valence-corrected chi connectivity index (χ2v) is 3.49. The number of aromatic nitrogens is 3. The number of nitrogens with zero attached hydrogens (tertiary/aromatic N) is 3. The third-order valence-corrected chi connectivity index (χ3v) is 2.08. The van der Waals surface area contributed by atoms with Gasteiger partial charge in [0.1, 0.15) is 5.69 Å². The minimum absolute atomic E-state index is 0.248. The first-order valence-electron chi connectivity index (χ1n) is 4.90. The van der Waals surface area contributed by atoms with Crippen LogP contribution in [-0.4, -0.2) is 20.7 Å². The van der Waals surface area contributed by atoms with Crippen LogP contribution >= 0.6 is 0 Å². The molecule has 5 heteroatoms. The molecule has 0 radical (unpaired) electrons. The fraction of sp³-hybridized carbons (Fsp3) is 0.182. The van der Waals surface area contributed by atoms with E-state index in [0.29, 0.717) is 11.5 Å². The number of carbonyl (C=O) groups is 1. The van der Waals surface area contributed by atoms with E-state index in [4.69, 9.17) is 0 Å². The van der Waals surface area contributed by atoms with Gasteiger partial charge in [0.05, 0.1) is 0 Å². The van der Waals surface area contributed by atoms with Gasteiger partial charge in [-0.25, -0.2) is 4.98 Å². The number of carbonyl (C=O) groups excluding carboxylic acids is 1. The number of amides is 1. The zero-order chi connectivity index (χ0) is 11.5. The molecule has 0 bridgehead atoms. The first-order chi connectivity index (χ1) is 7.65. The molecule has 16 heavy (non-hydrogen) atoms. The summed E-state index contributed by atoms with van der Waals surface area (Å²) in [6.45, 7) is 1.84. The van der Waals surface area contributed by atoms with Crippen molar-refractivity contribution in [3.05, 3.63) is 41.9 Å². The Morgan fingerprint density at radius 2 is 2.19 bits per heavy atom. The smallest absolute Gasteiger partial charge is 0.275 e. The van der Waals surface area contributed by atoms with Crippen LogP contribution in [0.1, 0.15) is 16.2 Å². The summed E-state index contributed by atoms with van der Waals surface area (Å²) in [5.74, 6) is 0.276. The molecule has 2 rings (SSSR count). The lowest BCUT2D eigenvalue weighted by Gasteiger charge is -2.01. The second kappa shape index (κ2) is 4.14. The number of pyridine rings is 1. The Labute approximate surface area is 93.1 Å². The summed E-state index contributed by atoms with van der Waals surface area (Å²) in [6.07, 6.45) is 1.76. The van der Waals surface area contributed by atoms with Crippen molar-refractivity contribution in [3.63, 3.8) is 0 Å². The molecule has 82 valence electrons. The van der Waals surface area contributed by atoms with Crippen LogP contribution in [0.15, 0.2) is 30.5 Å². The molecule has 2 aromatic rings. The Kier molecular flexibility index (Phi) is 2.68. The first kappa shape index (κ1) is 10.4. The Balaban J connectivity index is 2.14. The quantitative estimate of drug-likeness (QED) is 0.824. The average Bonchev–Trinajstić information content (AvgIpc) is 2.64. The van der Waals surface area contributed by atoms with Crippen LogP contribution in [0.3, 0.4) is 0 Å². The number of anilines is 1. The molecule has 0 aliphatic carbocycles. The van der Waals surface area contributed by atoms with Gasteiger partial charge in [0.25, 0.3) is 5.91 Å². The van der Waals surface area contributed by atoms with Gasteiger partial charge in [-0.3, -0.25) is 9.48 Å². The molecule has 2 aromatic heterocycles. The van der Waals surface area contributed by atoms with Crippen molar-refractivity contribution in [2.24, 2.45) is 7.05 Å². The van der Waals surface area contributed by atoms with Crippen LogP contribution < -0.4 is 5.32 Å². The van der Waals surface area contributed by atoms with E-state index < -0.39 is 0 Å². The maximum absolute atomic E-state index is 11.8. The van der Waals surface area contributed by atoms with E-state index in [0.717, 1.165) is 5.69 Å². The molecule has 5 nitrogen and oxygen atoms in total. The van der Waals surface area contributed by atoms with Gasteiger partial charge in [0.15, 0.2) is 5.82 Å². The summed E-state index contributed by atoms with van der Waals surface area (Å²) in [5, 5.41) is 6.73. The zero-order valence-electron chi connectivity index (χ0n) is 9.14. The van der Waals surface area contributed by atoms with E-state index in [-0.39, 0.29) is 5.91 Å². The summed E-state index contributed by atoms with van der Waals surface area (Å²) in [7, 11) is 1.79. The Morgan fingerprint density at radius 1 is 1.38 bits per heavy atom. The van der Waals surface area contributed by atoms with Crippen molar-refractivity contribution >= 4 is 11.7 Å². The topological polar surface area (TPSA) is 59.8 Å². The van der Waals surface area contributed by atoms with E-state index in [9.17, 15) is 4.79 Å². The van der Waals surface area contributed by atoms with Gasteiger partial charge in [0, 0.05) is 25.0 Å². The van der Waals surface area contributed by atoms with Gasteiger partial charge >= 0.3 is 0 Å². The summed E-state index contributed by atoms with van der Waals surface area (Å²) in [6, 6.07) is 7.05. The molecule has 0 spiro atoms. The SMILES string of the molecule is Cc1cccc(C(=O)Nc2ccn(C)n2)n1. The van der Waals surface area contributed by atoms with Crippen molar-refractivity contribution in [2.75, 3.05) is 5.32 Å². The molecular weight excluding hydrogens is 204 g/mol. The minimum Gasteiger partial charge on any atom is -0.304 e. The molecule has 2 heterocycles. The van der Waals surface area contributed by atoms with Gasteiger partial charge < -0.3 is 5.32 Å². The highest BCUT2D eigenvalue weighted by molar-refractivity contribution is 6.02. The third kappa shape index (κ3) is 2.25. The molecule has 1 amide bonds. The van der Waals surface area contributed by atoms with E-state index in [1.807, 2.05) is 13.0 Å². The number of aryl methyl sites for hydroxylation is 2. The predicted octanol–water partition coefficient (Wildman–Crippen LogP) is 1.38. The average molecular weight is 216 g/mol. The molecular formula is C11H12N4O. The van der Waals surface area contributed by atoms with E-state index in [1.54, 1.807) is 36.1 Å². The minimum atomic E-state index is -0.248. The highest BCUT2D eigenvalue weighted by atomic mass is 16.1. The Hall–Kier alpha value is -2.17. The third-order valence-electron chi connectivity index (χ3n) is 2.08. The standard InChI is InChI=1S/C11H12N4O/c1-8-4-3-5-9(12-8)11(16)13-10-6-7-15(2)14-10/h3-7H,1-2H3,(H,13,14,16). The van der Waals surface area contributed by atoms with E-state index in [2.05, 4.69) is 15.4 Å². The molecule has 0 saturated carbocycles. The molecule has 0 aromatic carbocycles. The monoisotopic (exact) mass is 216 g/mol. The normalized spacial score (nSPS) is 10.1. The van der Waals surface area contributed by atoms with Crippen LogP contribution in [0, 0.1) is 6.92 Å². The van der Waals surface area contributed by atoms with Crippen LogP contribution in [0.2, 0.25) is 0 Å². The van der Waals surface area contributed by atoms with Crippen LogP contribution in [0.25, 0.3) is 0 Å². The Morgan fingerprint density at radius 3 is 2.81 bits per heavy atom. The predicted molar refractivity (Wildman–Crippen MR) is 60.1 cm³/mol. The van der Waals surface area contributed by atoms with Crippen molar-refractivity contribution in [3.8, 4) is 0 Å². The van der Waals surface area contributed by atoms with Crippen molar-refractivity contribution in [1.82, 2.24) is 14.8 Å². The van der Waals surface area contributed by atoms with Crippen molar-refractivity contribution < 1.29 is 4.79 Å². The molecule has 0 fully saturated rings. The van der Waals surface area contributed by atoms with Crippen molar-refractivity contribution in [2.45, 2.75) is 6.92 Å². The summed E-state index contributed by atoms with van der Waals surface area (Å²) < 4.78 is 1.62. The summed E-state index contributed by atoms with van der Waals surface area (Å²) >= 11 is 0. The number of rotatable bonds is 2. The lowest BCUT2D eigenvalue weighted by molar-refractivity contribution is 0.102. The van der Waals surface area contributed by atoms with Gasteiger partial charge in [-0.05, 0) is 19.1 Å². The summed E-state index contributed by atoms with van der Waals surface area (Å²) in [5.41, 5.74) is 1.21. The maximum Gasteiger partial charge on any atom is 0.275 e. The molecule has 0 atom stereocenters. The largest absolute Gasteiger partial charge is 0.304 e. The van der Waals surface area contributed by atoms with Gasteiger partial charge in [0.2, 0.25) is 0 Å². The fourth-order valence-corrected chi connectivity index (χ4v) is 1.33. The van der Waals surface area contributed by atoms with E-state index >= 15 is 0 Å². The maximum atomic E-state index is 11.8. The lowest BCUT2D eigenvalue weighted by atomic mass is 10.3. The molecule has 1 N–H and O–H groups in total. The van der Waals surface area contributed by atoms with Gasteiger partial charge in [-0.1, -0.05) is 6.07 Å². The number of hydrogen-bond donors (Lipinski definition) is 1. The Bertz CT molecular complexity index is 518. The van der Waals surface area contributed by atoms with E-state index in [1.165, 1.54) is 0 Å². The lowest BCUT2D eigenvalue weighted by Crippen LogP contribution is -2.14. The van der Waals surface area contributed by atoms with Crippen LogP contribution in [0.5, 0.6) is 0 Å². The second-order valence-electron chi connectivity index (χ2n) is 3.49. The van der Waals surface area contributed by atoms with Crippen molar-refractivity contribution in [1.29, 1.82) is 0 Å². The van der Waals surface area contributed by atoms with Gasteiger partial charge in [-0.15, -0.1) is 0 Å². The molecule has 0 aliphatic rings. The fourth-order valence-electron chi connectivity index (χ4n) is 1.33. The first-order valence-corrected chi connectivity index (χ1v) is 4.90. The molecule has 0 unspecified atom stereocenters. The highest BCUT2D eigenvalue weighted by Crippen LogP contribution is 2.05. The summed E-state index contributed by atoms with van der Waals surface area (Å²) in [4.78, 5) is 15.9. The molecule has 0 saturated heterocycles. The van der Waals surface area contributed by atoms with Gasteiger partial charge in [-0.2, -0.15) is 5.10 Å².